The predicted molar refractivity (Wildman–Crippen MR) is 223 cm³/mol. The van der Waals surface area contributed by atoms with E-state index in [1.165, 1.54) is 22.3 Å². The van der Waals surface area contributed by atoms with Gasteiger partial charge in [-0.2, -0.15) is 0 Å². The Bertz CT molecular complexity index is 1500. The van der Waals surface area contributed by atoms with Crippen LogP contribution in [0.15, 0.2) is 72.8 Å². The molecule has 1 aliphatic rings. The Balaban J connectivity index is 0.771. The number of carbonyl (C=O) groups excluding carboxylic acids is 2. The number of carbonyl (C=O) groups is 2. The fourth-order valence-electron chi connectivity index (χ4n) is 5.96. The summed E-state index contributed by atoms with van der Waals surface area (Å²) in [5.74, 6) is 0.745. The Hall–Kier alpha value is -4.00. The second-order valence-electron chi connectivity index (χ2n) is 13.3. The van der Waals surface area contributed by atoms with Crippen molar-refractivity contribution in [2.24, 2.45) is 0 Å². The van der Waals surface area contributed by atoms with Crippen LogP contribution in [0.4, 0.5) is 4.79 Å². The van der Waals surface area contributed by atoms with E-state index in [2.05, 4.69) is 29.6 Å². The van der Waals surface area contributed by atoms with E-state index >= 15 is 0 Å². The Morgan fingerprint density at radius 1 is 0.467 bits per heavy atom. The van der Waals surface area contributed by atoms with Gasteiger partial charge in [-0.25, -0.2) is 4.79 Å². The number of amides is 1. The average Bonchev–Trinajstić information content (AvgIpc) is 3.60. The molecule has 3 aromatic carbocycles. The molecular weight excluding hydrogens is 778 g/mol. The van der Waals surface area contributed by atoms with E-state index in [1.807, 2.05) is 24.3 Å². The summed E-state index contributed by atoms with van der Waals surface area (Å²) < 4.78 is 66.2. The molecule has 0 heterocycles. The monoisotopic (exact) mass is 841 g/mol. The molecule has 0 atom stereocenters. The van der Waals surface area contributed by atoms with Gasteiger partial charge >= 0.3 is 6.09 Å². The number of benzene rings is 3. The molecule has 0 spiro atoms. The van der Waals surface area contributed by atoms with E-state index < -0.39 is 6.09 Å². The van der Waals surface area contributed by atoms with E-state index in [0.29, 0.717) is 170 Å². The molecule has 15 nitrogen and oxygen atoms in total. The molecule has 3 aromatic rings. The van der Waals surface area contributed by atoms with Crippen LogP contribution in [0.25, 0.3) is 11.1 Å². The van der Waals surface area contributed by atoms with Crippen LogP contribution >= 0.6 is 0 Å². The van der Waals surface area contributed by atoms with Gasteiger partial charge in [-0.1, -0.05) is 48.5 Å². The first-order chi connectivity index (χ1) is 29.8. The highest BCUT2D eigenvalue weighted by atomic mass is 16.6. The minimum atomic E-state index is -0.419. The normalized spacial score (nSPS) is 12.0. The number of aldehydes is 1. The van der Waals surface area contributed by atoms with Crippen LogP contribution in [0.3, 0.4) is 0 Å². The third-order valence-corrected chi connectivity index (χ3v) is 8.94. The van der Waals surface area contributed by atoms with Crippen molar-refractivity contribution in [2.45, 2.75) is 12.3 Å². The lowest BCUT2D eigenvalue weighted by molar-refractivity contribution is -0.0267. The topological polar surface area (TPSA) is 157 Å². The van der Waals surface area contributed by atoms with E-state index in [0.717, 1.165) is 6.29 Å². The molecule has 1 amide bonds. The lowest BCUT2D eigenvalue weighted by atomic mass is 9.98. The molecule has 1 N–H and O–H groups in total. The molecule has 0 radical (unpaired) electrons. The van der Waals surface area contributed by atoms with Crippen molar-refractivity contribution < 1.29 is 66.4 Å². The van der Waals surface area contributed by atoms with Crippen LogP contribution in [0.1, 0.15) is 33.8 Å². The molecule has 15 heteroatoms. The molecule has 0 fully saturated rings. The molecule has 0 bridgehead atoms. The van der Waals surface area contributed by atoms with Crippen LogP contribution in [0.5, 0.6) is 5.75 Å². The fourth-order valence-corrected chi connectivity index (χ4v) is 5.96. The summed E-state index contributed by atoms with van der Waals surface area (Å²) in [6, 6.07) is 23.5. The van der Waals surface area contributed by atoms with E-state index in [-0.39, 0.29) is 5.92 Å². The van der Waals surface area contributed by atoms with Crippen LogP contribution < -0.4 is 10.1 Å². The summed E-state index contributed by atoms with van der Waals surface area (Å²) in [5.41, 5.74) is 5.41. The van der Waals surface area contributed by atoms with Gasteiger partial charge in [0.2, 0.25) is 0 Å². The molecule has 60 heavy (non-hydrogen) atoms. The molecule has 332 valence electrons. The highest BCUT2D eigenvalue weighted by Crippen LogP contribution is 2.44. The van der Waals surface area contributed by atoms with E-state index in [4.69, 9.17) is 56.8 Å². The highest BCUT2D eigenvalue weighted by Gasteiger charge is 2.29. The Morgan fingerprint density at radius 2 is 0.833 bits per heavy atom. The molecule has 0 aliphatic heterocycles. The average molecular weight is 842 g/mol. The number of alkyl carbamates (subject to hydrolysis) is 1. The van der Waals surface area contributed by atoms with Crippen molar-refractivity contribution in [2.75, 3.05) is 152 Å². The van der Waals surface area contributed by atoms with Gasteiger partial charge in [-0.05, 0) is 52.9 Å². The Kier molecular flexibility index (Phi) is 26.5. The zero-order valence-corrected chi connectivity index (χ0v) is 34.8. The SMILES string of the molecule is O=Cc1ccc(OCCOCCOCCOCCOCCOCCOCCOCCOCCOCCOCCCNC(=O)OCC2c3ccccc3-c3ccccc32)cc1. The maximum Gasteiger partial charge on any atom is 0.407 e. The third kappa shape index (κ3) is 21.0. The number of nitrogens with one attached hydrogen (secondary N) is 1. The third-order valence-electron chi connectivity index (χ3n) is 8.94. The van der Waals surface area contributed by atoms with Crippen molar-refractivity contribution in [3.8, 4) is 16.9 Å². The molecule has 4 rings (SSSR count). The van der Waals surface area contributed by atoms with Gasteiger partial charge in [-0.15, -0.1) is 0 Å². The fraction of sp³-hybridized carbons (Fsp3) is 0.556. The minimum absolute atomic E-state index is 0.0455. The van der Waals surface area contributed by atoms with Crippen molar-refractivity contribution in [1.82, 2.24) is 5.32 Å². The van der Waals surface area contributed by atoms with Crippen LogP contribution in [-0.2, 0) is 52.1 Å². The first kappa shape index (κ1) is 48.7. The van der Waals surface area contributed by atoms with Crippen LogP contribution in [0, 0.1) is 0 Å². The molecular formula is C45H63NO14. The number of hydrogen-bond donors (Lipinski definition) is 1. The number of rotatable bonds is 38. The predicted octanol–water partition coefficient (Wildman–Crippen LogP) is 4.97. The summed E-state index contributed by atoms with van der Waals surface area (Å²) in [5, 5.41) is 2.81. The second-order valence-corrected chi connectivity index (χ2v) is 13.3. The number of ether oxygens (including phenoxy) is 12. The van der Waals surface area contributed by atoms with Crippen LogP contribution in [-0.4, -0.2) is 164 Å². The standard InChI is InChI=1S/C45H63NO14/c47-36-38-10-12-39(13-11-38)59-35-34-58-33-32-57-31-30-56-29-28-55-27-26-54-25-24-53-23-22-52-21-20-51-19-18-50-17-16-49-15-5-14-46-45(48)60-37-44-42-8-3-1-6-40(42)41-7-2-4-9-43(41)44/h1-4,6-13,36,44H,5,14-35,37H2,(H,46,48). The van der Waals surface area contributed by atoms with Gasteiger partial charge in [0, 0.05) is 24.6 Å². The van der Waals surface area contributed by atoms with E-state index in [9.17, 15) is 9.59 Å². The molecule has 0 saturated carbocycles. The van der Waals surface area contributed by atoms with Gasteiger partial charge < -0.3 is 62.2 Å². The molecule has 0 aromatic heterocycles. The number of fused-ring (bicyclic) bond motifs is 3. The van der Waals surface area contributed by atoms with Gasteiger partial charge in [0.25, 0.3) is 0 Å². The maximum atomic E-state index is 12.3. The van der Waals surface area contributed by atoms with Gasteiger partial charge in [0.05, 0.1) is 126 Å². The molecule has 1 aliphatic carbocycles. The maximum absolute atomic E-state index is 12.3. The highest BCUT2D eigenvalue weighted by molar-refractivity contribution is 5.79. The smallest absolute Gasteiger partial charge is 0.407 e. The Morgan fingerprint density at radius 3 is 1.23 bits per heavy atom. The molecule has 0 unspecified atom stereocenters. The summed E-state index contributed by atoms with van der Waals surface area (Å²) in [7, 11) is 0. The first-order valence-corrected chi connectivity index (χ1v) is 20.8. The van der Waals surface area contributed by atoms with Gasteiger partial charge in [0.1, 0.15) is 25.2 Å². The molecule has 0 saturated heterocycles. The summed E-state index contributed by atoms with van der Waals surface area (Å²) >= 11 is 0. The summed E-state index contributed by atoms with van der Waals surface area (Å²) in [4.78, 5) is 22.9. The number of hydrogen-bond acceptors (Lipinski definition) is 14. The first-order valence-electron chi connectivity index (χ1n) is 20.8. The summed E-state index contributed by atoms with van der Waals surface area (Å²) in [6.45, 7) is 10.8. The lowest BCUT2D eigenvalue weighted by Crippen LogP contribution is -2.27. The quantitative estimate of drug-likeness (QED) is 0.0609. The largest absolute Gasteiger partial charge is 0.491 e. The second kappa shape index (κ2) is 32.7. The van der Waals surface area contributed by atoms with Crippen molar-refractivity contribution in [3.05, 3.63) is 89.5 Å². The zero-order valence-electron chi connectivity index (χ0n) is 34.8. The van der Waals surface area contributed by atoms with Gasteiger partial charge in [0.15, 0.2) is 0 Å². The Labute approximate surface area is 354 Å². The van der Waals surface area contributed by atoms with Crippen molar-refractivity contribution in [1.29, 1.82) is 0 Å². The summed E-state index contributed by atoms with van der Waals surface area (Å²) in [6.07, 6.45) is 1.06. The zero-order chi connectivity index (χ0) is 42.0. The minimum Gasteiger partial charge on any atom is -0.491 e. The van der Waals surface area contributed by atoms with E-state index in [1.54, 1.807) is 24.3 Å². The lowest BCUT2D eigenvalue weighted by Gasteiger charge is -2.14. The van der Waals surface area contributed by atoms with Crippen molar-refractivity contribution >= 4 is 12.4 Å². The van der Waals surface area contributed by atoms with Crippen molar-refractivity contribution in [3.63, 3.8) is 0 Å². The van der Waals surface area contributed by atoms with Crippen LogP contribution in [0.2, 0.25) is 0 Å². The van der Waals surface area contributed by atoms with Gasteiger partial charge in [-0.3, -0.25) is 4.79 Å².